The van der Waals surface area contributed by atoms with Gasteiger partial charge in [0, 0.05) is 6.42 Å². The largest absolute Gasteiger partial charge is 0.497 e. The lowest BCUT2D eigenvalue weighted by molar-refractivity contribution is -0.121. The molecule has 1 N–H and O–H groups in total. The summed E-state index contributed by atoms with van der Waals surface area (Å²) in [5.74, 6) is 0.940. The zero-order valence-corrected chi connectivity index (χ0v) is 15.2. The van der Waals surface area contributed by atoms with Crippen molar-refractivity contribution in [1.29, 1.82) is 0 Å². The fourth-order valence-electron chi connectivity index (χ4n) is 3.47. The third-order valence-electron chi connectivity index (χ3n) is 5.05. The van der Waals surface area contributed by atoms with Crippen LogP contribution in [0.5, 0.6) is 5.75 Å². The van der Waals surface area contributed by atoms with Gasteiger partial charge in [0.05, 0.1) is 13.2 Å². The van der Waals surface area contributed by atoms with Crippen LogP contribution in [-0.2, 0) is 24.1 Å². The Morgan fingerprint density at radius 3 is 2.52 bits per heavy atom. The Morgan fingerprint density at radius 1 is 1.08 bits per heavy atom. The van der Waals surface area contributed by atoms with Gasteiger partial charge in [-0.05, 0) is 73.4 Å². The lowest BCUT2D eigenvalue weighted by Crippen LogP contribution is -2.27. The number of benzene rings is 2. The normalized spacial score (nSPS) is 14.5. The van der Waals surface area contributed by atoms with E-state index in [9.17, 15) is 4.79 Å². The molecule has 0 aromatic heterocycles. The highest BCUT2D eigenvalue weighted by molar-refractivity contribution is 5.76. The van der Waals surface area contributed by atoms with E-state index in [2.05, 4.69) is 30.4 Å². The van der Waals surface area contributed by atoms with Crippen molar-refractivity contribution in [2.24, 2.45) is 0 Å². The van der Waals surface area contributed by atoms with E-state index < -0.39 is 0 Å². The van der Waals surface area contributed by atoms with Crippen LogP contribution in [0.1, 0.15) is 54.5 Å². The zero-order valence-electron chi connectivity index (χ0n) is 15.2. The summed E-state index contributed by atoms with van der Waals surface area (Å²) >= 11 is 0. The lowest BCUT2D eigenvalue weighted by Gasteiger charge is -2.20. The van der Waals surface area contributed by atoms with Crippen LogP contribution in [0.2, 0.25) is 0 Å². The molecule has 0 bridgehead atoms. The summed E-state index contributed by atoms with van der Waals surface area (Å²) in [7, 11) is 1.66. The van der Waals surface area contributed by atoms with Gasteiger partial charge in [0.25, 0.3) is 0 Å². The SMILES string of the molecule is COc1ccc(CCC(=O)NC(C)c2ccc3c(c2)CCCC3)cc1. The van der Waals surface area contributed by atoms with Gasteiger partial charge in [0.2, 0.25) is 5.91 Å². The van der Waals surface area contributed by atoms with Crippen molar-refractivity contribution in [2.45, 2.75) is 51.5 Å². The van der Waals surface area contributed by atoms with Crippen molar-refractivity contribution in [1.82, 2.24) is 5.32 Å². The molecule has 0 saturated heterocycles. The number of ether oxygens (including phenoxy) is 1. The first-order valence-electron chi connectivity index (χ1n) is 9.19. The zero-order chi connectivity index (χ0) is 17.6. The second-order valence-electron chi connectivity index (χ2n) is 6.87. The maximum Gasteiger partial charge on any atom is 0.220 e. The van der Waals surface area contributed by atoms with E-state index in [4.69, 9.17) is 4.74 Å². The van der Waals surface area contributed by atoms with Crippen LogP contribution in [0.15, 0.2) is 42.5 Å². The smallest absolute Gasteiger partial charge is 0.220 e. The van der Waals surface area contributed by atoms with E-state index in [0.29, 0.717) is 6.42 Å². The molecule has 1 amide bonds. The third-order valence-corrected chi connectivity index (χ3v) is 5.05. The number of nitrogens with one attached hydrogen (secondary N) is 1. The van der Waals surface area contributed by atoms with E-state index in [1.165, 1.54) is 42.4 Å². The van der Waals surface area contributed by atoms with Crippen molar-refractivity contribution in [3.05, 3.63) is 64.7 Å². The Balaban J connectivity index is 1.53. The molecule has 1 aliphatic carbocycles. The highest BCUT2D eigenvalue weighted by atomic mass is 16.5. The molecule has 1 unspecified atom stereocenters. The van der Waals surface area contributed by atoms with Gasteiger partial charge < -0.3 is 10.1 Å². The average Bonchev–Trinajstić information content (AvgIpc) is 2.66. The van der Waals surface area contributed by atoms with Crippen molar-refractivity contribution in [3.8, 4) is 5.75 Å². The molecular formula is C22H27NO2. The quantitative estimate of drug-likeness (QED) is 0.849. The third kappa shape index (κ3) is 4.62. The van der Waals surface area contributed by atoms with Crippen LogP contribution in [0, 0.1) is 0 Å². The van der Waals surface area contributed by atoms with E-state index in [0.717, 1.165) is 17.7 Å². The van der Waals surface area contributed by atoms with Crippen LogP contribution in [0.25, 0.3) is 0 Å². The molecule has 0 fully saturated rings. The van der Waals surface area contributed by atoms with Gasteiger partial charge in [0.15, 0.2) is 0 Å². The fourth-order valence-corrected chi connectivity index (χ4v) is 3.47. The van der Waals surface area contributed by atoms with Crippen molar-refractivity contribution >= 4 is 5.91 Å². The number of aryl methyl sites for hydroxylation is 3. The predicted molar refractivity (Wildman–Crippen MR) is 101 cm³/mol. The summed E-state index contributed by atoms with van der Waals surface area (Å²) in [6.45, 7) is 2.07. The van der Waals surface area contributed by atoms with E-state index >= 15 is 0 Å². The number of hydrogen-bond donors (Lipinski definition) is 1. The molecule has 25 heavy (non-hydrogen) atoms. The second-order valence-corrected chi connectivity index (χ2v) is 6.87. The topological polar surface area (TPSA) is 38.3 Å². The summed E-state index contributed by atoms with van der Waals surface area (Å²) in [5.41, 5.74) is 5.30. The van der Waals surface area contributed by atoms with Gasteiger partial charge in [-0.3, -0.25) is 4.79 Å². The Kier molecular flexibility index (Phi) is 5.75. The molecular weight excluding hydrogens is 310 g/mol. The summed E-state index contributed by atoms with van der Waals surface area (Å²) in [4.78, 5) is 12.3. The fraction of sp³-hybridized carbons (Fsp3) is 0.409. The summed E-state index contributed by atoms with van der Waals surface area (Å²) < 4.78 is 5.16. The van der Waals surface area contributed by atoms with E-state index in [-0.39, 0.29) is 11.9 Å². The first kappa shape index (κ1) is 17.5. The van der Waals surface area contributed by atoms with Gasteiger partial charge >= 0.3 is 0 Å². The maximum absolute atomic E-state index is 12.3. The van der Waals surface area contributed by atoms with Crippen LogP contribution < -0.4 is 10.1 Å². The molecule has 132 valence electrons. The van der Waals surface area contributed by atoms with Crippen molar-refractivity contribution in [3.63, 3.8) is 0 Å². The summed E-state index contributed by atoms with van der Waals surface area (Å²) in [6.07, 6.45) is 6.18. The van der Waals surface area contributed by atoms with E-state index in [1.807, 2.05) is 24.3 Å². The molecule has 3 heteroatoms. The maximum atomic E-state index is 12.3. The molecule has 0 saturated carbocycles. The van der Waals surface area contributed by atoms with Crippen LogP contribution in [-0.4, -0.2) is 13.0 Å². The molecule has 0 heterocycles. The summed E-state index contributed by atoms with van der Waals surface area (Å²) in [5, 5.41) is 3.13. The number of amides is 1. The Hall–Kier alpha value is -2.29. The number of hydrogen-bond acceptors (Lipinski definition) is 2. The number of carbonyl (C=O) groups excluding carboxylic acids is 1. The van der Waals surface area contributed by atoms with Gasteiger partial charge in [-0.1, -0.05) is 30.3 Å². The molecule has 2 aromatic carbocycles. The first-order valence-corrected chi connectivity index (χ1v) is 9.19. The first-order chi connectivity index (χ1) is 12.2. The minimum Gasteiger partial charge on any atom is -0.497 e. The van der Waals surface area contributed by atoms with Gasteiger partial charge in [-0.25, -0.2) is 0 Å². The minimum absolute atomic E-state index is 0.0515. The highest BCUT2D eigenvalue weighted by Gasteiger charge is 2.14. The number of rotatable bonds is 6. The van der Waals surface area contributed by atoms with Crippen LogP contribution >= 0.6 is 0 Å². The predicted octanol–water partition coefficient (Wildman–Crippen LogP) is 4.38. The molecule has 3 rings (SSSR count). The minimum atomic E-state index is 0.0515. The monoisotopic (exact) mass is 337 g/mol. The molecule has 0 spiro atoms. The van der Waals surface area contributed by atoms with E-state index in [1.54, 1.807) is 7.11 Å². The standard InChI is InChI=1S/C22H27NO2/c1-16(19-11-10-18-5-3-4-6-20(18)15-19)23-22(24)14-9-17-7-12-21(25-2)13-8-17/h7-8,10-13,15-16H,3-6,9,14H2,1-2H3,(H,23,24). The second kappa shape index (κ2) is 8.19. The van der Waals surface area contributed by atoms with Gasteiger partial charge in [-0.2, -0.15) is 0 Å². The van der Waals surface area contributed by atoms with Crippen LogP contribution in [0.3, 0.4) is 0 Å². The Bertz CT molecular complexity index is 721. The van der Waals surface area contributed by atoms with Crippen LogP contribution in [0.4, 0.5) is 0 Å². The average molecular weight is 337 g/mol. The molecule has 3 nitrogen and oxygen atoms in total. The molecule has 0 aliphatic heterocycles. The van der Waals surface area contributed by atoms with Crippen molar-refractivity contribution < 1.29 is 9.53 Å². The Labute approximate surface area is 150 Å². The number of fused-ring (bicyclic) bond motifs is 1. The number of methoxy groups -OCH3 is 1. The molecule has 1 atom stereocenters. The number of carbonyl (C=O) groups is 1. The Morgan fingerprint density at radius 2 is 1.80 bits per heavy atom. The van der Waals surface area contributed by atoms with Gasteiger partial charge in [0.1, 0.15) is 5.75 Å². The van der Waals surface area contributed by atoms with Gasteiger partial charge in [-0.15, -0.1) is 0 Å². The van der Waals surface area contributed by atoms with Crippen molar-refractivity contribution in [2.75, 3.05) is 7.11 Å². The molecule has 1 aliphatic rings. The highest BCUT2D eigenvalue weighted by Crippen LogP contribution is 2.24. The lowest BCUT2D eigenvalue weighted by atomic mass is 9.89. The molecule has 0 radical (unpaired) electrons. The molecule has 2 aromatic rings. The summed E-state index contributed by atoms with van der Waals surface area (Å²) in [6, 6.07) is 14.6.